The second-order valence-corrected chi connectivity index (χ2v) is 6.51. The summed E-state index contributed by atoms with van der Waals surface area (Å²) in [4.78, 5) is 23.8. The molecule has 0 aliphatic rings. The molecule has 0 saturated heterocycles. The van der Waals surface area contributed by atoms with E-state index in [0.29, 0.717) is 22.8 Å². The molecule has 0 heterocycles. The second-order valence-electron chi connectivity index (χ2n) is 5.66. The van der Waals surface area contributed by atoms with Gasteiger partial charge in [0, 0.05) is 28.9 Å². The van der Waals surface area contributed by atoms with Gasteiger partial charge in [-0.25, -0.2) is 0 Å². The lowest BCUT2D eigenvalue weighted by Crippen LogP contribution is -2.32. The molecule has 2 amide bonds. The van der Waals surface area contributed by atoms with Crippen molar-refractivity contribution in [3.63, 3.8) is 0 Å². The van der Waals surface area contributed by atoms with Gasteiger partial charge in [0.1, 0.15) is 0 Å². The van der Waals surface area contributed by atoms with Crippen LogP contribution in [0.4, 0.5) is 5.69 Å². The topological polar surface area (TPSA) is 70.2 Å². The third kappa shape index (κ3) is 7.21. The van der Waals surface area contributed by atoms with E-state index in [1.165, 1.54) is 6.08 Å². The molecule has 0 bridgehead atoms. The molecule has 7 heteroatoms. The summed E-state index contributed by atoms with van der Waals surface area (Å²) in [6, 6.07) is 13.9. The van der Waals surface area contributed by atoms with Gasteiger partial charge in [0.25, 0.3) is 5.91 Å². The van der Waals surface area contributed by atoms with E-state index in [9.17, 15) is 9.59 Å². The lowest BCUT2D eigenvalue weighted by atomic mass is 10.2. The van der Waals surface area contributed by atoms with Crippen LogP contribution in [0.5, 0.6) is 0 Å². The SMILES string of the molecule is CCCNC(=O)c1ccc(NC(=S)NC(=O)/C=C/c2ccc(Cl)cc2)cc1. The van der Waals surface area contributed by atoms with E-state index in [1.807, 2.05) is 6.92 Å². The molecule has 3 N–H and O–H groups in total. The van der Waals surface area contributed by atoms with Crippen molar-refractivity contribution < 1.29 is 9.59 Å². The zero-order valence-electron chi connectivity index (χ0n) is 14.8. The number of carbonyl (C=O) groups is 2. The fourth-order valence-corrected chi connectivity index (χ4v) is 2.45. The number of anilines is 1. The molecule has 27 heavy (non-hydrogen) atoms. The summed E-state index contributed by atoms with van der Waals surface area (Å²) in [5.74, 6) is -0.468. The number of hydrogen-bond acceptors (Lipinski definition) is 3. The summed E-state index contributed by atoms with van der Waals surface area (Å²) in [5, 5.41) is 9.08. The van der Waals surface area contributed by atoms with Crippen LogP contribution < -0.4 is 16.0 Å². The highest BCUT2D eigenvalue weighted by molar-refractivity contribution is 7.80. The van der Waals surface area contributed by atoms with Gasteiger partial charge in [-0.2, -0.15) is 0 Å². The molecule has 2 aromatic rings. The van der Waals surface area contributed by atoms with Crippen molar-refractivity contribution in [2.45, 2.75) is 13.3 Å². The standard InChI is InChI=1S/C20H20ClN3O2S/c1-2-13-22-19(26)15-6-10-17(11-7-15)23-20(27)24-18(25)12-5-14-3-8-16(21)9-4-14/h3-12H,2,13H2,1H3,(H,22,26)(H2,23,24,25,27)/b12-5+. The number of hydrogen-bond donors (Lipinski definition) is 3. The first kappa shape index (κ1) is 20.6. The summed E-state index contributed by atoms with van der Waals surface area (Å²) in [6.45, 7) is 2.63. The van der Waals surface area contributed by atoms with Crippen LogP contribution in [0.25, 0.3) is 6.08 Å². The quantitative estimate of drug-likeness (QED) is 0.505. The highest BCUT2D eigenvalue weighted by atomic mass is 35.5. The van der Waals surface area contributed by atoms with Crippen LogP contribution >= 0.6 is 23.8 Å². The molecule has 140 valence electrons. The third-order valence-electron chi connectivity index (χ3n) is 3.47. The zero-order valence-corrected chi connectivity index (χ0v) is 16.4. The smallest absolute Gasteiger partial charge is 0.251 e. The monoisotopic (exact) mass is 401 g/mol. The van der Waals surface area contributed by atoms with Crippen molar-refractivity contribution in [1.29, 1.82) is 0 Å². The predicted octanol–water partition coefficient (Wildman–Crippen LogP) is 4.01. The number of nitrogens with one attached hydrogen (secondary N) is 3. The molecule has 2 rings (SSSR count). The van der Waals surface area contributed by atoms with Gasteiger partial charge >= 0.3 is 0 Å². The molecule has 2 aromatic carbocycles. The Bertz CT molecular complexity index is 833. The van der Waals surface area contributed by atoms with Gasteiger partial charge in [-0.3, -0.25) is 14.9 Å². The largest absolute Gasteiger partial charge is 0.352 e. The zero-order chi connectivity index (χ0) is 19.6. The van der Waals surface area contributed by atoms with Crippen LogP contribution in [0, 0.1) is 0 Å². The molecule has 0 saturated carbocycles. The van der Waals surface area contributed by atoms with Crippen molar-refractivity contribution in [3.05, 3.63) is 70.8 Å². The van der Waals surface area contributed by atoms with E-state index >= 15 is 0 Å². The fraction of sp³-hybridized carbons (Fsp3) is 0.150. The normalized spacial score (nSPS) is 10.4. The average molecular weight is 402 g/mol. The first-order valence-corrected chi connectivity index (χ1v) is 9.20. The Morgan fingerprint density at radius 3 is 2.37 bits per heavy atom. The molecule has 0 aliphatic carbocycles. The number of amides is 2. The maximum atomic E-state index is 11.9. The van der Waals surface area contributed by atoms with E-state index < -0.39 is 0 Å². The number of thiocarbonyl (C=S) groups is 1. The lowest BCUT2D eigenvalue weighted by Gasteiger charge is -2.09. The Morgan fingerprint density at radius 2 is 1.74 bits per heavy atom. The number of carbonyl (C=O) groups excluding carboxylic acids is 2. The molecule has 0 radical (unpaired) electrons. The van der Waals surface area contributed by atoms with Crippen molar-refractivity contribution in [2.75, 3.05) is 11.9 Å². The summed E-state index contributed by atoms with van der Waals surface area (Å²) < 4.78 is 0. The molecule has 0 atom stereocenters. The first-order valence-electron chi connectivity index (χ1n) is 8.42. The minimum Gasteiger partial charge on any atom is -0.352 e. The maximum absolute atomic E-state index is 11.9. The van der Waals surface area contributed by atoms with Crippen LogP contribution in [0.15, 0.2) is 54.6 Å². The summed E-state index contributed by atoms with van der Waals surface area (Å²) in [5.41, 5.74) is 2.09. The lowest BCUT2D eigenvalue weighted by molar-refractivity contribution is -0.115. The summed E-state index contributed by atoms with van der Waals surface area (Å²) in [7, 11) is 0. The number of rotatable bonds is 6. The highest BCUT2D eigenvalue weighted by Gasteiger charge is 2.05. The fourth-order valence-electron chi connectivity index (χ4n) is 2.11. The van der Waals surface area contributed by atoms with Gasteiger partial charge in [-0.1, -0.05) is 30.7 Å². The molecule has 5 nitrogen and oxygen atoms in total. The van der Waals surface area contributed by atoms with Gasteiger partial charge in [0.15, 0.2) is 5.11 Å². The molecule has 0 spiro atoms. The van der Waals surface area contributed by atoms with E-state index in [0.717, 1.165) is 12.0 Å². The number of benzene rings is 2. The van der Waals surface area contributed by atoms with Crippen LogP contribution in [0.1, 0.15) is 29.3 Å². The van der Waals surface area contributed by atoms with Gasteiger partial charge < -0.3 is 10.6 Å². The van der Waals surface area contributed by atoms with Crippen molar-refractivity contribution >= 4 is 52.5 Å². The van der Waals surface area contributed by atoms with Crippen LogP contribution in [0.2, 0.25) is 5.02 Å². The van der Waals surface area contributed by atoms with Crippen molar-refractivity contribution in [2.24, 2.45) is 0 Å². The summed E-state index contributed by atoms with van der Waals surface area (Å²) in [6.07, 6.45) is 3.93. The summed E-state index contributed by atoms with van der Waals surface area (Å²) >= 11 is 10.9. The Labute approximate surface area is 168 Å². The van der Waals surface area contributed by atoms with Crippen molar-refractivity contribution in [1.82, 2.24) is 10.6 Å². The van der Waals surface area contributed by atoms with Gasteiger partial charge in [0.05, 0.1) is 0 Å². The predicted molar refractivity (Wildman–Crippen MR) is 114 cm³/mol. The number of halogens is 1. The Balaban J connectivity index is 1.84. The van der Waals surface area contributed by atoms with E-state index in [2.05, 4.69) is 16.0 Å². The first-order chi connectivity index (χ1) is 13.0. The molecule has 0 aliphatic heterocycles. The van der Waals surface area contributed by atoms with E-state index in [4.69, 9.17) is 23.8 Å². The second kappa shape index (κ2) is 10.4. The molecular formula is C20H20ClN3O2S. The van der Waals surface area contributed by atoms with Gasteiger partial charge in [-0.15, -0.1) is 0 Å². The van der Waals surface area contributed by atoms with Crippen LogP contribution in [-0.4, -0.2) is 23.5 Å². The average Bonchev–Trinajstić information content (AvgIpc) is 2.66. The molecule has 0 aromatic heterocycles. The van der Waals surface area contributed by atoms with E-state index in [-0.39, 0.29) is 16.9 Å². The minimum absolute atomic E-state index is 0.119. The van der Waals surface area contributed by atoms with Crippen LogP contribution in [-0.2, 0) is 4.79 Å². The Kier molecular flexibility index (Phi) is 7.98. The molecule has 0 unspecified atom stereocenters. The highest BCUT2D eigenvalue weighted by Crippen LogP contribution is 2.11. The van der Waals surface area contributed by atoms with E-state index in [1.54, 1.807) is 54.6 Å². The Hall–Kier alpha value is -2.70. The van der Waals surface area contributed by atoms with Gasteiger partial charge in [-0.05, 0) is 66.7 Å². The molecular weight excluding hydrogens is 382 g/mol. The Morgan fingerprint density at radius 1 is 1.07 bits per heavy atom. The minimum atomic E-state index is -0.349. The maximum Gasteiger partial charge on any atom is 0.251 e. The van der Waals surface area contributed by atoms with Crippen molar-refractivity contribution in [3.8, 4) is 0 Å². The van der Waals surface area contributed by atoms with Gasteiger partial charge in [0.2, 0.25) is 5.91 Å². The third-order valence-corrected chi connectivity index (χ3v) is 3.93. The van der Waals surface area contributed by atoms with Crippen LogP contribution in [0.3, 0.4) is 0 Å². The molecule has 0 fully saturated rings.